The first-order valence-corrected chi connectivity index (χ1v) is 6.54. The Balaban J connectivity index is 4.90. The van der Waals surface area contributed by atoms with Crippen LogP contribution < -0.4 is 5.32 Å². The first kappa shape index (κ1) is 16.5. The van der Waals surface area contributed by atoms with Crippen molar-refractivity contribution in [2.45, 2.75) is 74.3 Å². The largest absolute Gasteiger partial charge is 0.351 e. The van der Waals surface area contributed by atoms with Crippen LogP contribution in [-0.2, 0) is 4.79 Å². The van der Waals surface area contributed by atoms with Crippen LogP contribution >= 0.6 is 0 Å². The first-order valence-electron chi connectivity index (χ1n) is 6.54. The molecule has 17 heavy (non-hydrogen) atoms. The number of nitrogens with one attached hydrogen (secondary N) is 1. The van der Waals surface area contributed by atoms with Crippen molar-refractivity contribution in [3.63, 3.8) is 0 Å². The van der Waals surface area contributed by atoms with E-state index in [0.29, 0.717) is 0 Å². The first-order chi connectivity index (χ1) is 7.22. The molecule has 102 valence electrons. The summed E-state index contributed by atoms with van der Waals surface area (Å²) in [6.45, 7) is 19.1. The summed E-state index contributed by atoms with van der Waals surface area (Å²) in [5.41, 5.74) is 0.0221. The number of hydrogen-bond donors (Lipinski definition) is 1. The molecule has 0 spiro atoms. The fourth-order valence-corrected chi connectivity index (χ4v) is 1.86. The van der Waals surface area contributed by atoms with E-state index >= 15 is 0 Å². The van der Waals surface area contributed by atoms with Crippen LogP contribution in [0.3, 0.4) is 0 Å². The normalized spacial score (nSPS) is 15.6. The van der Waals surface area contributed by atoms with E-state index in [0.717, 1.165) is 6.42 Å². The Kier molecular flexibility index (Phi) is 4.84. The smallest absolute Gasteiger partial charge is 0.224 e. The van der Waals surface area contributed by atoms with E-state index in [1.807, 2.05) is 20.8 Å². The van der Waals surface area contributed by atoms with E-state index in [1.54, 1.807) is 0 Å². The van der Waals surface area contributed by atoms with Crippen LogP contribution in [0.5, 0.6) is 0 Å². The fraction of sp³-hybridized carbons (Fsp3) is 0.933. The lowest BCUT2D eigenvalue weighted by Crippen LogP contribution is -2.47. The van der Waals surface area contributed by atoms with E-state index < -0.39 is 0 Å². The predicted octanol–water partition coefficient (Wildman–Crippen LogP) is 4.00. The minimum atomic E-state index is -0.154. The molecule has 1 amide bonds. The molecule has 0 heterocycles. The van der Waals surface area contributed by atoms with Gasteiger partial charge in [-0.15, -0.1) is 0 Å². The van der Waals surface area contributed by atoms with Gasteiger partial charge >= 0.3 is 0 Å². The lowest BCUT2D eigenvalue weighted by atomic mass is 9.71. The van der Waals surface area contributed by atoms with Gasteiger partial charge in [-0.05, 0) is 38.0 Å². The molecule has 0 aliphatic carbocycles. The highest BCUT2D eigenvalue weighted by Crippen LogP contribution is 2.36. The standard InChI is InChI=1S/C15H31NO/c1-13(2,3)10-11(14(4,5)6)12(17)16-15(7,8)9/h11H,10H2,1-9H3,(H,16,17). The highest BCUT2D eigenvalue weighted by molar-refractivity contribution is 5.80. The predicted molar refractivity (Wildman–Crippen MR) is 74.9 cm³/mol. The van der Waals surface area contributed by atoms with Crippen molar-refractivity contribution in [3.8, 4) is 0 Å². The molecule has 0 aromatic carbocycles. The molecule has 0 fully saturated rings. The number of carbonyl (C=O) groups excluding carboxylic acids is 1. The Morgan fingerprint density at radius 1 is 0.941 bits per heavy atom. The molecule has 1 atom stereocenters. The van der Waals surface area contributed by atoms with E-state index in [-0.39, 0.29) is 28.2 Å². The summed E-state index contributed by atoms with van der Waals surface area (Å²) in [7, 11) is 0. The number of amides is 1. The van der Waals surface area contributed by atoms with Gasteiger partial charge in [0.15, 0.2) is 0 Å². The molecule has 0 radical (unpaired) electrons. The third kappa shape index (κ3) is 7.40. The fourth-order valence-electron chi connectivity index (χ4n) is 1.86. The molecule has 2 heteroatoms. The zero-order valence-electron chi connectivity index (χ0n) is 13.2. The molecule has 0 aliphatic heterocycles. The van der Waals surface area contributed by atoms with Crippen LogP contribution in [0.15, 0.2) is 0 Å². The van der Waals surface area contributed by atoms with Crippen LogP contribution in [0, 0.1) is 16.7 Å². The van der Waals surface area contributed by atoms with Crippen molar-refractivity contribution >= 4 is 5.91 Å². The second-order valence-electron chi connectivity index (χ2n) is 8.42. The molecule has 0 aromatic rings. The highest BCUT2D eigenvalue weighted by atomic mass is 16.2. The van der Waals surface area contributed by atoms with Crippen LogP contribution in [0.25, 0.3) is 0 Å². The van der Waals surface area contributed by atoms with Crippen molar-refractivity contribution in [1.29, 1.82) is 0 Å². The van der Waals surface area contributed by atoms with Gasteiger partial charge in [-0.2, -0.15) is 0 Å². The minimum Gasteiger partial charge on any atom is -0.351 e. The molecule has 0 bridgehead atoms. The monoisotopic (exact) mass is 241 g/mol. The van der Waals surface area contributed by atoms with Crippen LogP contribution in [-0.4, -0.2) is 11.4 Å². The molecule has 1 unspecified atom stereocenters. The molecular formula is C15H31NO. The Bertz CT molecular complexity index is 260. The lowest BCUT2D eigenvalue weighted by molar-refractivity contribution is -0.131. The maximum Gasteiger partial charge on any atom is 0.224 e. The van der Waals surface area contributed by atoms with Crippen LogP contribution in [0.1, 0.15) is 68.7 Å². The summed E-state index contributed by atoms with van der Waals surface area (Å²) in [6, 6.07) is 0. The van der Waals surface area contributed by atoms with Gasteiger partial charge < -0.3 is 5.32 Å². The maximum absolute atomic E-state index is 12.4. The van der Waals surface area contributed by atoms with E-state index in [4.69, 9.17) is 0 Å². The van der Waals surface area contributed by atoms with Gasteiger partial charge in [0.25, 0.3) is 0 Å². The van der Waals surface area contributed by atoms with Crippen molar-refractivity contribution in [3.05, 3.63) is 0 Å². The van der Waals surface area contributed by atoms with Crippen molar-refractivity contribution in [1.82, 2.24) is 5.32 Å². The van der Waals surface area contributed by atoms with Gasteiger partial charge in [-0.1, -0.05) is 41.5 Å². The molecule has 1 N–H and O–H groups in total. The van der Waals surface area contributed by atoms with Crippen molar-refractivity contribution in [2.24, 2.45) is 16.7 Å². The molecule has 0 rings (SSSR count). The average Bonchev–Trinajstić information content (AvgIpc) is 1.92. The topological polar surface area (TPSA) is 29.1 Å². The van der Waals surface area contributed by atoms with E-state index in [1.165, 1.54) is 0 Å². The summed E-state index contributed by atoms with van der Waals surface area (Å²) in [5, 5.41) is 3.11. The summed E-state index contributed by atoms with van der Waals surface area (Å²) in [4.78, 5) is 12.4. The lowest BCUT2D eigenvalue weighted by Gasteiger charge is -2.36. The third-order valence-corrected chi connectivity index (χ3v) is 2.68. The van der Waals surface area contributed by atoms with Gasteiger partial charge in [-0.3, -0.25) is 4.79 Å². The Morgan fingerprint density at radius 2 is 1.35 bits per heavy atom. The zero-order valence-corrected chi connectivity index (χ0v) is 13.2. The second kappa shape index (κ2) is 4.99. The summed E-state index contributed by atoms with van der Waals surface area (Å²) in [6.07, 6.45) is 0.915. The quantitative estimate of drug-likeness (QED) is 0.778. The zero-order chi connectivity index (χ0) is 14.1. The molecule has 0 aromatic heterocycles. The molecule has 0 saturated heterocycles. The average molecular weight is 241 g/mol. The Labute approximate surface area is 108 Å². The van der Waals surface area contributed by atoms with Gasteiger partial charge in [0.05, 0.1) is 0 Å². The molecule has 0 saturated carbocycles. The minimum absolute atomic E-state index is 0.00259. The summed E-state index contributed by atoms with van der Waals surface area (Å²) in [5.74, 6) is 0.238. The van der Waals surface area contributed by atoms with Crippen LogP contribution in [0.2, 0.25) is 0 Å². The number of rotatable bonds is 2. The van der Waals surface area contributed by atoms with Gasteiger partial charge in [0.2, 0.25) is 5.91 Å². The van der Waals surface area contributed by atoms with Crippen molar-refractivity contribution in [2.75, 3.05) is 0 Å². The van der Waals surface area contributed by atoms with Crippen LogP contribution in [0.4, 0.5) is 0 Å². The molecule has 0 aliphatic rings. The highest BCUT2D eigenvalue weighted by Gasteiger charge is 2.35. The third-order valence-electron chi connectivity index (χ3n) is 2.68. The SMILES string of the molecule is CC(C)(C)CC(C(=O)NC(C)(C)C)C(C)(C)C. The van der Waals surface area contributed by atoms with Crippen molar-refractivity contribution < 1.29 is 4.79 Å². The molecular weight excluding hydrogens is 210 g/mol. The van der Waals surface area contributed by atoms with Gasteiger partial charge in [0, 0.05) is 11.5 Å². The Hall–Kier alpha value is -0.530. The van der Waals surface area contributed by atoms with E-state index in [9.17, 15) is 4.79 Å². The number of hydrogen-bond acceptors (Lipinski definition) is 1. The Morgan fingerprint density at radius 3 is 1.59 bits per heavy atom. The van der Waals surface area contributed by atoms with E-state index in [2.05, 4.69) is 46.9 Å². The number of carbonyl (C=O) groups is 1. The van der Waals surface area contributed by atoms with Gasteiger partial charge in [0.1, 0.15) is 0 Å². The summed E-state index contributed by atoms with van der Waals surface area (Å²) < 4.78 is 0. The summed E-state index contributed by atoms with van der Waals surface area (Å²) >= 11 is 0. The maximum atomic E-state index is 12.4. The second-order valence-corrected chi connectivity index (χ2v) is 8.42. The molecule has 2 nitrogen and oxygen atoms in total. The van der Waals surface area contributed by atoms with Gasteiger partial charge in [-0.25, -0.2) is 0 Å².